The lowest BCUT2D eigenvalue weighted by Crippen LogP contribution is -2.30. The van der Waals surface area contributed by atoms with Gasteiger partial charge >= 0.3 is 5.97 Å². The smallest absolute Gasteiger partial charge is 0.344 e. The molecule has 0 saturated carbocycles. The Balaban J connectivity index is 2.08. The highest BCUT2D eigenvalue weighted by molar-refractivity contribution is 6.33. The average molecular weight is 369 g/mol. The maximum absolute atomic E-state index is 13.0. The summed E-state index contributed by atoms with van der Waals surface area (Å²) < 4.78 is 23.4. The lowest BCUT2D eigenvalue weighted by molar-refractivity contribution is -0.123. The molecule has 0 fully saturated rings. The van der Waals surface area contributed by atoms with Gasteiger partial charge in [-0.1, -0.05) is 30.6 Å². The van der Waals surface area contributed by atoms with E-state index in [-0.39, 0.29) is 22.2 Å². The summed E-state index contributed by atoms with van der Waals surface area (Å²) in [7, 11) is 0. The van der Waals surface area contributed by atoms with Crippen LogP contribution in [0.15, 0.2) is 22.7 Å². The molecule has 0 bridgehead atoms. The van der Waals surface area contributed by atoms with Crippen LogP contribution in [0.25, 0.3) is 0 Å². The molecule has 2 aromatic rings. The Morgan fingerprint density at radius 3 is 2.60 bits per heavy atom. The largest absolute Gasteiger partial charge is 0.449 e. The van der Waals surface area contributed by atoms with Crippen molar-refractivity contribution in [2.75, 3.05) is 5.32 Å². The molecule has 0 aliphatic heterocycles. The standard InChI is InChI=1S/C17H18ClFN2O4/c1-8(2)15-14(9(3)21-25-15)17(23)24-10(4)16(22)20-13-6-5-11(19)7-12(13)18/h5-8,10H,1-4H3,(H,20,22)/t10-/m1/s1. The van der Waals surface area contributed by atoms with E-state index in [9.17, 15) is 14.0 Å². The third kappa shape index (κ3) is 4.36. The maximum Gasteiger partial charge on any atom is 0.344 e. The Morgan fingerprint density at radius 1 is 1.32 bits per heavy atom. The van der Waals surface area contributed by atoms with Gasteiger partial charge in [-0.15, -0.1) is 0 Å². The summed E-state index contributed by atoms with van der Waals surface area (Å²) in [6.45, 7) is 6.74. The number of ether oxygens (including phenoxy) is 1. The zero-order valence-electron chi connectivity index (χ0n) is 14.2. The van der Waals surface area contributed by atoms with Crippen LogP contribution in [0.2, 0.25) is 5.02 Å². The summed E-state index contributed by atoms with van der Waals surface area (Å²) in [6, 6.07) is 3.56. The first-order valence-corrected chi connectivity index (χ1v) is 8.01. The molecule has 0 saturated heterocycles. The normalized spacial score (nSPS) is 12.1. The maximum atomic E-state index is 13.0. The van der Waals surface area contributed by atoms with Crippen LogP contribution in [-0.4, -0.2) is 23.1 Å². The van der Waals surface area contributed by atoms with E-state index in [1.54, 1.807) is 6.92 Å². The van der Waals surface area contributed by atoms with Gasteiger partial charge in [-0.2, -0.15) is 0 Å². The van der Waals surface area contributed by atoms with Gasteiger partial charge in [0.25, 0.3) is 5.91 Å². The topological polar surface area (TPSA) is 81.4 Å². The van der Waals surface area contributed by atoms with E-state index in [2.05, 4.69) is 10.5 Å². The highest BCUT2D eigenvalue weighted by Gasteiger charge is 2.27. The molecule has 134 valence electrons. The van der Waals surface area contributed by atoms with Gasteiger partial charge in [0.05, 0.1) is 16.4 Å². The summed E-state index contributed by atoms with van der Waals surface area (Å²) in [5.41, 5.74) is 0.831. The molecule has 0 radical (unpaired) electrons. The molecule has 0 aliphatic carbocycles. The number of carbonyl (C=O) groups is 2. The lowest BCUT2D eigenvalue weighted by atomic mass is 10.1. The summed E-state index contributed by atoms with van der Waals surface area (Å²) in [6.07, 6.45) is -1.09. The first kappa shape index (κ1) is 18.9. The highest BCUT2D eigenvalue weighted by atomic mass is 35.5. The third-order valence-corrected chi connectivity index (χ3v) is 3.77. The number of nitrogens with one attached hydrogen (secondary N) is 1. The van der Waals surface area contributed by atoms with E-state index in [1.165, 1.54) is 13.0 Å². The Bertz CT molecular complexity index is 804. The predicted molar refractivity (Wildman–Crippen MR) is 90.2 cm³/mol. The van der Waals surface area contributed by atoms with Gasteiger partial charge in [0.15, 0.2) is 11.9 Å². The number of aryl methyl sites for hydroxylation is 1. The summed E-state index contributed by atoms with van der Waals surface area (Å²) >= 11 is 5.86. The van der Waals surface area contributed by atoms with E-state index < -0.39 is 23.8 Å². The molecule has 2 rings (SSSR count). The van der Waals surface area contributed by atoms with Crippen molar-refractivity contribution >= 4 is 29.2 Å². The number of esters is 1. The summed E-state index contributed by atoms with van der Waals surface area (Å²) in [5, 5.41) is 6.30. The van der Waals surface area contributed by atoms with Gasteiger partial charge in [-0.05, 0) is 32.0 Å². The first-order chi connectivity index (χ1) is 11.7. The van der Waals surface area contributed by atoms with Crippen LogP contribution in [0.3, 0.4) is 0 Å². The predicted octanol–water partition coefficient (Wildman–Crippen LogP) is 4.08. The molecule has 25 heavy (non-hydrogen) atoms. The zero-order chi connectivity index (χ0) is 18.7. The SMILES string of the molecule is Cc1noc(C(C)C)c1C(=O)O[C@H](C)C(=O)Nc1ccc(F)cc1Cl. The number of nitrogens with zero attached hydrogens (tertiary/aromatic N) is 1. The van der Waals surface area contributed by atoms with Crippen LogP contribution in [-0.2, 0) is 9.53 Å². The molecule has 0 spiro atoms. The van der Waals surface area contributed by atoms with Crippen molar-refractivity contribution in [2.24, 2.45) is 0 Å². The number of anilines is 1. The van der Waals surface area contributed by atoms with Crippen LogP contribution in [0.5, 0.6) is 0 Å². The van der Waals surface area contributed by atoms with Gasteiger partial charge in [-0.3, -0.25) is 4.79 Å². The molecule has 0 aliphatic rings. The van der Waals surface area contributed by atoms with Crippen molar-refractivity contribution in [3.05, 3.63) is 46.1 Å². The number of rotatable bonds is 5. The zero-order valence-corrected chi connectivity index (χ0v) is 15.0. The number of amides is 1. The number of benzene rings is 1. The van der Waals surface area contributed by atoms with Gasteiger partial charge in [0.2, 0.25) is 0 Å². The second kappa shape index (κ2) is 7.65. The second-order valence-electron chi connectivity index (χ2n) is 5.82. The Labute approximate surface area is 149 Å². The molecule has 1 heterocycles. The highest BCUT2D eigenvalue weighted by Crippen LogP contribution is 2.25. The Morgan fingerprint density at radius 2 is 2.00 bits per heavy atom. The van der Waals surface area contributed by atoms with Gasteiger partial charge in [-0.25, -0.2) is 9.18 Å². The number of hydrogen-bond acceptors (Lipinski definition) is 5. The molecule has 6 nitrogen and oxygen atoms in total. The van der Waals surface area contributed by atoms with Crippen molar-refractivity contribution in [3.63, 3.8) is 0 Å². The minimum atomic E-state index is -1.09. The van der Waals surface area contributed by atoms with E-state index in [0.717, 1.165) is 12.1 Å². The van der Waals surface area contributed by atoms with E-state index in [0.29, 0.717) is 11.5 Å². The Kier molecular flexibility index (Phi) is 5.79. The number of hydrogen-bond donors (Lipinski definition) is 1. The van der Waals surface area contributed by atoms with Crippen LogP contribution < -0.4 is 5.32 Å². The number of aromatic nitrogens is 1. The van der Waals surface area contributed by atoms with Crippen LogP contribution in [0.1, 0.15) is 48.5 Å². The summed E-state index contributed by atoms with van der Waals surface area (Å²) in [4.78, 5) is 24.5. The van der Waals surface area contributed by atoms with Crippen molar-refractivity contribution in [2.45, 2.75) is 39.7 Å². The van der Waals surface area contributed by atoms with Crippen molar-refractivity contribution in [1.29, 1.82) is 0 Å². The molecular weight excluding hydrogens is 351 g/mol. The molecule has 1 aromatic heterocycles. The second-order valence-corrected chi connectivity index (χ2v) is 6.23. The fourth-order valence-electron chi connectivity index (χ4n) is 2.13. The third-order valence-electron chi connectivity index (χ3n) is 3.46. The fraction of sp³-hybridized carbons (Fsp3) is 0.353. The molecule has 1 N–H and O–H groups in total. The van der Waals surface area contributed by atoms with Crippen molar-refractivity contribution in [3.8, 4) is 0 Å². The van der Waals surface area contributed by atoms with Gasteiger partial charge < -0.3 is 14.6 Å². The molecule has 1 atom stereocenters. The minimum Gasteiger partial charge on any atom is -0.449 e. The molecule has 8 heteroatoms. The number of carbonyl (C=O) groups excluding carboxylic acids is 2. The number of halogens is 2. The van der Waals surface area contributed by atoms with Crippen LogP contribution >= 0.6 is 11.6 Å². The van der Waals surface area contributed by atoms with Gasteiger partial charge in [0.1, 0.15) is 11.4 Å². The lowest BCUT2D eigenvalue weighted by Gasteiger charge is -2.14. The van der Waals surface area contributed by atoms with Crippen LogP contribution in [0.4, 0.5) is 10.1 Å². The summed E-state index contributed by atoms with van der Waals surface area (Å²) in [5.74, 6) is -1.48. The minimum absolute atomic E-state index is 0.0452. The van der Waals surface area contributed by atoms with Crippen molar-refractivity contribution in [1.82, 2.24) is 5.16 Å². The van der Waals surface area contributed by atoms with E-state index >= 15 is 0 Å². The average Bonchev–Trinajstić information content (AvgIpc) is 2.91. The van der Waals surface area contributed by atoms with E-state index in [4.69, 9.17) is 20.9 Å². The van der Waals surface area contributed by atoms with Crippen LogP contribution in [0, 0.1) is 12.7 Å². The molecular formula is C17H18ClFN2O4. The molecule has 0 unspecified atom stereocenters. The fourth-order valence-corrected chi connectivity index (χ4v) is 2.34. The molecule has 1 aromatic carbocycles. The Hall–Kier alpha value is -2.41. The van der Waals surface area contributed by atoms with Crippen molar-refractivity contribution < 1.29 is 23.2 Å². The van der Waals surface area contributed by atoms with E-state index in [1.807, 2.05) is 13.8 Å². The first-order valence-electron chi connectivity index (χ1n) is 7.63. The monoisotopic (exact) mass is 368 g/mol. The quantitative estimate of drug-likeness (QED) is 0.804. The molecule has 1 amide bonds. The van der Waals surface area contributed by atoms with Gasteiger partial charge in [0, 0.05) is 5.92 Å².